The fraction of sp³-hybridized carbons (Fsp3) is 1.00. The summed E-state index contributed by atoms with van der Waals surface area (Å²) in [4.78, 5) is 2.03. The van der Waals surface area contributed by atoms with Gasteiger partial charge in [-0.15, -0.1) is 24.8 Å². The Morgan fingerprint density at radius 2 is 1.75 bits per heavy atom. The Labute approximate surface area is 87.7 Å². The molecular weight excluding hydrogens is 219 g/mol. The first-order valence-corrected chi connectivity index (χ1v) is 5.41. The summed E-state index contributed by atoms with van der Waals surface area (Å²) in [6.07, 6.45) is 2.34. The van der Waals surface area contributed by atoms with E-state index in [-0.39, 0.29) is 24.8 Å². The van der Waals surface area contributed by atoms with Crippen LogP contribution >= 0.6 is 24.8 Å². The molecule has 1 atom stereocenters. The number of nitrogens with one attached hydrogen (secondary N) is 1. The fourth-order valence-corrected chi connectivity index (χ4v) is 1.34. The van der Waals surface area contributed by atoms with Gasteiger partial charge in [0.1, 0.15) is 0 Å². The summed E-state index contributed by atoms with van der Waals surface area (Å²) in [7, 11) is 1.70. The molecule has 1 unspecified atom stereocenters. The second kappa shape index (κ2) is 8.10. The quantitative estimate of drug-likeness (QED) is 0.804. The number of nitrogens with zero attached hydrogens (tertiary/aromatic N) is 1. The van der Waals surface area contributed by atoms with E-state index < -0.39 is 9.73 Å². The van der Waals surface area contributed by atoms with Gasteiger partial charge in [0, 0.05) is 21.7 Å². The second-order valence-electron chi connectivity index (χ2n) is 2.87. The Balaban J connectivity index is -0.000000405. The van der Waals surface area contributed by atoms with Gasteiger partial charge in [-0.25, -0.2) is 0 Å². The fourth-order valence-electron chi connectivity index (χ4n) is 0.656. The van der Waals surface area contributed by atoms with Gasteiger partial charge in [0.2, 0.25) is 0 Å². The van der Waals surface area contributed by atoms with Crippen LogP contribution in [0.2, 0.25) is 0 Å². The van der Waals surface area contributed by atoms with Gasteiger partial charge in [-0.2, -0.15) is 0 Å². The van der Waals surface area contributed by atoms with Crippen LogP contribution in [0.1, 0.15) is 6.42 Å². The highest BCUT2D eigenvalue weighted by Gasteiger charge is 1.97. The molecule has 0 aliphatic heterocycles. The van der Waals surface area contributed by atoms with E-state index in [9.17, 15) is 4.21 Å². The molecule has 1 N–H and O–H groups in total. The van der Waals surface area contributed by atoms with Crippen LogP contribution in [-0.4, -0.2) is 41.8 Å². The minimum Gasteiger partial charge on any atom is -0.309 e. The highest BCUT2D eigenvalue weighted by atomic mass is 35.5. The van der Waals surface area contributed by atoms with Gasteiger partial charge >= 0.3 is 0 Å². The zero-order valence-corrected chi connectivity index (χ0v) is 10.2. The van der Waals surface area contributed by atoms with E-state index in [4.69, 9.17) is 4.78 Å². The molecule has 0 bridgehead atoms. The summed E-state index contributed by atoms with van der Waals surface area (Å²) in [6.45, 7) is 0.920. The van der Waals surface area contributed by atoms with Gasteiger partial charge in [-0.1, -0.05) is 0 Å². The molecule has 0 amide bonds. The second-order valence-corrected chi connectivity index (χ2v) is 5.28. The Bertz CT molecular complexity index is 180. The van der Waals surface area contributed by atoms with Crippen molar-refractivity contribution >= 4 is 34.5 Å². The minimum absolute atomic E-state index is 0. The first-order valence-electron chi connectivity index (χ1n) is 3.28. The van der Waals surface area contributed by atoms with Crippen molar-refractivity contribution < 1.29 is 4.21 Å². The summed E-state index contributed by atoms with van der Waals surface area (Å²) >= 11 is 0. The highest BCUT2D eigenvalue weighted by molar-refractivity contribution is 7.91. The maximum absolute atomic E-state index is 10.8. The van der Waals surface area contributed by atoms with Crippen molar-refractivity contribution in [3.8, 4) is 0 Å². The topological polar surface area (TPSA) is 44.2 Å². The van der Waals surface area contributed by atoms with Crippen LogP contribution in [0.4, 0.5) is 0 Å². The first-order chi connectivity index (χ1) is 4.42. The van der Waals surface area contributed by atoms with Crippen LogP contribution in [0.15, 0.2) is 0 Å². The predicted molar refractivity (Wildman–Crippen MR) is 59.3 cm³/mol. The van der Waals surface area contributed by atoms with E-state index in [0.29, 0.717) is 5.75 Å². The maximum Gasteiger partial charge on any atom is 0.0412 e. The van der Waals surface area contributed by atoms with Crippen molar-refractivity contribution in [1.29, 1.82) is 4.78 Å². The Morgan fingerprint density at radius 1 is 1.33 bits per heavy atom. The first kappa shape index (κ1) is 18.3. The zero-order chi connectivity index (χ0) is 8.20. The standard InChI is InChI=1S/C6H16N2OS.2ClH/c1-8(2)5-4-6-10(3,7)9;;/h7H,4-6H2,1-3H3;2*1H. The molecule has 0 spiro atoms. The molecule has 0 aliphatic carbocycles. The lowest BCUT2D eigenvalue weighted by Crippen LogP contribution is -2.16. The molecule has 0 heterocycles. The normalized spacial score (nSPS) is 14.3. The zero-order valence-electron chi connectivity index (χ0n) is 7.70. The molecule has 78 valence electrons. The third kappa shape index (κ3) is 16.8. The molecule has 12 heavy (non-hydrogen) atoms. The molecule has 0 aliphatic rings. The van der Waals surface area contributed by atoms with Gasteiger partial charge in [0.15, 0.2) is 0 Å². The molecule has 0 aromatic heterocycles. The molecule has 3 nitrogen and oxygen atoms in total. The van der Waals surface area contributed by atoms with Gasteiger partial charge in [0.05, 0.1) is 0 Å². The van der Waals surface area contributed by atoms with Gasteiger partial charge in [-0.3, -0.25) is 8.99 Å². The molecule has 0 radical (unpaired) electrons. The van der Waals surface area contributed by atoms with E-state index in [0.717, 1.165) is 13.0 Å². The van der Waals surface area contributed by atoms with Gasteiger partial charge in [-0.05, 0) is 27.1 Å². The molecule has 0 saturated carbocycles. The maximum atomic E-state index is 10.8. The Kier molecular flexibility index (Phi) is 12.4. The van der Waals surface area contributed by atoms with Crippen molar-refractivity contribution in [2.24, 2.45) is 0 Å². The molecule has 0 saturated heterocycles. The smallest absolute Gasteiger partial charge is 0.0412 e. The summed E-state index contributed by atoms with van der Waals surface area (Å²) in [5.41, 5.74) is 0. The third-order valence-electron chi connectivity index (χ3n) is 1.14. The van der Waals surface area contributed by atoms with Crippen molar-refractivity contribution in [3.63, 3.8) is 0 Å². The van der Waals surface area contributed by atoms with E-state index in [1.807, 2.05) is 19.0 Å². The lowest BCUT2D eigenvalue weighted by atomic mass is 10.5. The molecule has 0 aromatic rings. The summed E-state index contributed by atoms with van der Waals surface area (Å²) < 4.78 is 17.9. The molecule has 6 heteroatoms. The average Bonchev–Trinajstić information content (AvgIpc) is 1.59. The summed E-state index contributed by atoms with van der Waals surface area (Å²) in [5, 5.41) is 0. The van der Waals surface area contributed by atoms with Crippen LogP contribution < -0.4 is 0 Å². The van der Waals surface area contributed by atoms with Crippen LogP contribution in [0.5, 0.6) is 0 Å². The van der Waals surface area contributed by atoms with Gasteiger partial charge < -0.3 is 4.90 Å². The van der Waals surface area contributed by atoms with E-state index in [1.165, 1.54) is 6.26 Å². The van der Waals surface area contributed by atoms with Crippen molar-refractivity contribution in [3.05, 3.63) is 0 Å². The number of hydrogen-bond acceptors (Lipinski definition) is 3. The molecule has 0 fully saturated rings. The van der Waals surface area contributed by atoms with Crippen LogP contribution in [-0.2, 0) is 9.73 Å². The Hall–Kier alpha value is 0.490. The SMILES string of the molecule is CN(C)CCCS(C)(=N)=O.Cl.Cl. The van der Waals surface area contributed by atoms with E-state index in [1.54, 1.807) is 0 Å². The molecule has 0 aromatic carbocycles. The monoisotopic (exact) mass is 236 g/mol. The van der Waals surface area contributed by atoms with Gasteiger partial charge in [0.25, 0.3) is 0 Å². The molecular formula is C6H18Cl2N2OS. The van der Waals surface area contributed by atoms with E-state index in [2.05, 4.69) is 0 Å². The number of halogens is 2. The number of hydrogen-bond donors (Lipinski definition) is 1. The third-order valence-corrected chi connectivity index (χ3v) is 2.21. The largest absolute Gasteiger partial charge is 0.309 e. The summed E-state index contributed by atoms with van der Waals surface area (Å²) in [6, 6.07) is 0. The van der Waals surface area contributed by atoms with Crippen LogP contribution in [0, 0.1) is 4.78 Å². The molecule has 0 rings (SSSR count). The lowest BCUT2D eigenvalue weighted by molar-refractivity contribution is 0.409. The van der Waals surface area contributed by atoms with Crippen molar-refractivity contribution in [2.45, 2.75) is 6.42 Å². The van der Waals surface area contributed by atoms with E-state index >= 15 is 0 Å². The lowest BCUT2D eigenvalue weighted by Gasteiger charge is -2.08. The highest BCUT2D eigenvalue weighted by Crippen LogP contribution is 1.90. The average molecular weight is 237 g/mol. The number of rotatable bonds is 4. The van der Waals surface area contributed by atoms with Crippen LogP contribution in [0.25, 0.3) is 0 Å². The van der Waals surface area contributed by atoms with Crippen LogP contribution in [0.3, 0.4) is 0 Å². The predicted octanol–water partition coefficient (Wildman–Crippen LogP) is 1.46. The van der Waals surface area contributed by atoms with Crippen molar-refractivity contribution in [2.75, 3.05) is 32.6 Å². The Morgan fingerprint density at radius 3 is 2.00 bits per heavy atom. The summed E-state index contributed by atoms with van der Waals surface area (Å²) in [5.74, 6) is 0.519. The minimum atomic E-state index is -2.25. The van der Waals surface area contributed by atoms with Crippen molar-refractivity contribution in [1.82, 2.24) is 4.90 Å².